The Kier molecular flexibility index (Phi) is 2.92. The predicted molar refractivity (Wildman–Crippen MR) is 79.4 cm³/mol. The first-order valence-corrected chi connectivity index (χ1v) is 6.37. The van der Waals surface area contributed by atoms with Crippen LogP contribution in [-0.2, 0) is 0 Å². The summed E-state index contributed by atoms with van der Waals surface area (Å²) in [4.78, 5) is 10.4. The van der Waals surface area contributed by atoms with Gasteiger partial charge in [0.25, 0.3) is 5.69 Å². The minimum atomic E-state index is -0.395. The minimum absolute atomic E-state index is 0.0829. The molecule has 0 radical (unpaired) electrons. The Morgan fingerprint density at radius 3 is 2.48 bits per heavy atom. The van der Waals surface area contributed by atoms with Crippen molar-refractivity contribution in [1.29, 1.82) is 5.26 Å². The molecule has 3 aromatic rings. The molecule has 3 rings (SSSR count). The topological polar surface area (TPSA) is 71.9 Å². The Morgan fingerprint density at radius 2 is 1.86 bits per heavy atom. The lowest BCUT2D eigenvalue weighted by molar-refractivity contribution is -0.384. The van der Waals surface area contributed by atoms with Crippen molar-refractivity contribution < 1.29 is 4.92 Å². The average molecular weight is 277 g/mol. The van der Waals surface area contributed by atoms with E-state index in [1.165, 1.54) is 6.07 Å². The SMILES string of the molecule is Cc1cc2cc([N+](=O)[O-])ccc2n1-c1ccc(C#N)cc1. The van der Waals surface area contributed by atoms with Crippen LogP contribution < -0.4 is 0 Å². The van der Waals surface area contributed by atoms with E-state index in [-0.39, 0.29) is 5.69 Å². The quantitative estimate of drug-likeness (QED) is 0.529. The van der Waals surface area contributed by atoms with Gasteiger partial charge in [-0.25, -0.2) is 0 Å². The van der Waals surface area contributed by atoms with Gasteiger partial charge < -0.3 is 4.57 Å². The van der Waals surface area contributed by atoms with Crippen molar-refractivity contribution in [3.05, 3.63) is 69.9 Å². The molecule has 0 amide bonds. The van der Waals surface area contributed by atoms with Crippen molar-refractivity contribution in [1.82, 2.24) is 4.57 Å². The second-order valence-electron chi connectivity index (χ2n) is 4.78. The molecule has 1 heterocycles. The summed E-state index contributed by atoms with van der Waals surface area (Å²) >= 11 is 0. The number of aryl methyl sites for hydroxylation is 1. The lowest BCUT2D eigenvalue weighted by Crippen LogP contribution is -1.96. The molecule has 0 unspecified atom stereocenters. The van der Waals surface area contributed by atoms with Gasteiger partial charge in [-0.1, -0.05) is 0 Å². The highest BCUT2D eigenvalue weighted by molar-refractivity contribution is 5.85. The summed E-state index contributed by atoms with van der Waals surface area (Å²) in [6.45, 7) is 1.95. The number of fused-ring (bicyclic) bond motifs is 1. The summed E-state index contributed by atoms with van der Waals surface area (Å²) in [5.74, 6) is 0. The van der Waals surface area contributed by atoms with Gasteiger partial charge >= 0.3 is 0 Å². The molecule has 0 aliphatic heterocycles. The van der Waals surface area contributed by atoms with Crippen LogP contribution in [0.15, 0.2) is 48.5 Å². The zero-order valence-electron chi connectivity index (χ0n) is 11.3. The molecule has 0 atom stereocenters. The first-order chi connectivity index (χ1) is 10.1. The largest absolute Gasteiger partial charge is 0.314 e. The van der Waals surface area contributed by atoms with Gasteiger partial charge in [-0.2, -0.15) is 5.26 Å². The molecule has 0 saturated heterocycles. The first kappa shape index (κ1) is 12.9. The van der Waals surface area contributed by atoms with Crippen molar-refractivity contribution in [3.8, 4) is 11.8 Å². The molecule has 21 heavy (non-hydrogen) atoms. The number of rotatable bonds is 2. The number of nitrogens with zero attached hydrogens (tertiary/aromatic N) is 3. The summed E-state index contributed by atoms with van der Waals surface area (Å²) in [6, 6.07) is 16.1. The zero-order chi connectivity index (χ0) is 15.0. The number of nitro benzene ring substituents is 1. The van der Waals surface area contributed by atoms with Crippen LogP contribution in [0.3, 0.4) is 0 Å². The summed E-state index contributed by atoms with van der Waals surface area (Å²) in [6.07, 6.45) is 0. The molecule has 0 bridgehead atoms. The Balaban J connectivity index is 2.20. The van der Waals surface area contributed by atoms with Gasteiger partial charge in [0.2, 0.25) is 0 Å². The van der Waals surface area contributed by atoms with Gasteiger partial charge in [0, 0.05) is 28.9 Å². The molecule has 5 heteroatoms. The van der Waals surface area contributed by atoms with E-state index in [2.05, 4.69) is 6.07 Å². The number of benzene rings is 2. The van der Waals surface area contributed by atoms with E-state index in [0.717, 1.165) is 22.3 Å². The van der Waals surface area contributed by atoms with E-state index in [0.29, 0.717) is 5.56 Å². The molecule has 2 aromatic carbocycles. The molecular weight excluding hydrogens is 266 g/mol. The van der Waals surface area contributed by atoms with Crippen LogP contribution >= 0.6 is 0 Å². The van der Waals surface area contributed by atoms with Crippen molar-refractivity contribution in [3.63, 3.8) is 0 Å². The van der Waals surface area contributed by atoms with Crippen LogP contribution in [0.2, 0.25) is 0 Å². The Hall–Kier alpha value is -3.13. The number of aromatic nitrogens is 1. The number of non-ortho nitro benzene ring substituents is 1. The molecule has 0 fully saturated rings. The molecule has 0 spiro atoms. The van der Waals surface area contributed by atoms with Gasteiger partial charge in [0.1, 0.15) is 0 Å². The first-order valence-electron chi connectivity index (χ1n) is 6.37. The lowest BCUT2D eigenvalue weighted by atomic mass is 10.2. The predicted octanol–water partition coefficient (Wildman–Crippen LogP) is 3.72. The van der Waals surface area contributed by atoms with Crippen LogP contribution in [0, 0.1) is 28.4 Å². The van der Waals surface area contributed by atoms with Crippen LogP contribution in [-0.4, -0.2) is 9.49 Å². The summed E-state index contributed by atoms with van der Waals surface area (Å²) < 4.78 is 2.01. The van der Waals surface area contributed by atoms with Gasteiger partial charge in [0.05, 0.1) is 22.1 Å². The average Bonchev–Trinajstić information content (AvgIpc) is 2.82. The van der Waals surface area contributed by atoms with Gasteiger partial charge in [-0.05, 0) is 43.3 Å². The summed E-state index contributed by atoms with van der Waals surface area (Å²) in [5, 5.41) is 20.5. The third-order valence-electron chi connectivity index (χ3n) is 3.43. The number of nitriles is 1. The van der Waals surface area contributed by atoms with E-state index in [1.54, 1.807) is 24.3 Å². The van der Waals surface area contributed by atoms with Gasteiger partial charge in [-0.3, -0.25) is 10.1 Å². The molecule has 102 valence electrons. The third-order valence-corrected chi connectivity index (χ3v) is 3.43. The summed E-state index contributed by atoms with van der Waals surface area (Å²) in [5.41, 5.74) is 3.50. The zero-order valence-corrected chi connectivity index (χ0v) is 11.3. The normalized spacial score (nSPS) is 10.5. The second-order valence-corrected chi connectivity index (χ2v) is 4.78. The fourth-order valence-electron chi connectivity index (χ4n) is 2.48. The van der Waals surface area contributed by atoms with Crippen LogP contribution in [0.1, 0.15) is 11.3 Å². The van der Waals surface area contributed by atoms with E-state index in [1.807, 2.05) is 29.7 Å². The molecule has 0 saturated carbocycles. The van der Waals surface area contributed by atoms with Crippen LogP contribution in [0.25, 0.3) is 16.6 Å². The Morgan fingerprint density at radius 1 is 1.14 bits per heavy atom. The van der Waals surface area contributed by atoms with E-state index < -0.39 is 4.92 Å². The van der Waals surface area contributed by atoms with Crippen molar-refractivity contribution in [2.45, 2.75) is 6.92 Å². The highest BCUT2D eigenvalue weighted by atomic mass is 16.6. The number of hydrogen-bond donors (Lipinski definition) is 0. The maximum atomic E-state index is 10.8. The minimum Gasteiger partial charge on any atom is -0.314 e. The van der Waals surface area contributed by atoms with Crippen LogP contribution in [0.5, 0.6) is 0 Å². The highest BCUT2D eigenvalue weighted by Crippen LogP contribution is 2.27. The van der Waals surface area contributed by atoms with E-state index >= 15 is 0 Å². The fourth-order valence-corrected chi connectivity index (χ4v) is 2.48. The second kappa shape index (κ2) is 4.76. The Labute approximate surface area is 120 Å². The molecular formula is C16H11N3O2. The smallest absolute Gasteiger partial charge is 0.270 e. The lowest BCUT2D eigenvalue weighted by Gasteiger charge is -2.08. The standard InChI is InChI=1S/C16H11N3O2/c1-11-8-13-9-15(19(20)21)6-7-16(13)18(11)14-4-2-12(10-17)3-5-14/h2-9H,1H3. The molecule has 0 aliphatic rings. The van der Waals surface area contributed by atoms with E-state index in [9.17, 15) is 10.1 Å². The van der Waals surface area contributed by atoms with Crippen molar-refractivity contribution >= 4 is 16.6 Å². The highest BCUT2D eigenvalue weighted by Gasteiger charge is 2.12. The number of hydrogen-bond acceptors (Lipinski definition) is 3. The van der Waals surface area contributed by atoms with Gasteiger partial charge in [-0.15, -0.1) is 0 Å². The molecule has 1 aromatic heterocycles. The van der Waals surface area contributed by atoms with Crippen molar-refractivity contribution in [2.24, 2.45) is 0 Å². The summed E-state index contributed by atoms with van der Waals surface area (Å²) in [7, 11) is 0. The van der Waals surface area contributed by atoms with Gasteiger partial charge in [0.15, 0.2) is 0 Å². The van der Waals surface area contributed by atoms with Crippen LogP contribution in [0.4, 0.5) is 5.69 Å². The Bertz CT molecular complexity index is 886. The molecule has 0 N–H and O–H groups in total. The fraction of sp³-hybridized carbons (Fsp3) is 0.0625. The third kappa shape index (κ3) is 2.13. The number of nitro groups is 1. The molecule has 0 aliphatic carbocycles. The molecule has 5 nitrogen and oxygen atoms in total. The maximum absolute atomic E-state index is 10.8. The van der Waals surface area contributed by atoms with E-state index in [4.69, 9.17) is 5.26 Å². The maximum Gasteiger partial charge on any atom is 0.270 e. The monoisotopic (exact) mass is 277 g/mol. The van der Waals surface area contributed by atoms with Crippen molar-refractivity contribution in [2.75, 3.05) is 0 Å².